The summed E-state index contributed by atoms with van der Waals surface area (Å²) in [6, 6.07) is 23.7. The molecule has 1 unspecified atom stereocenters. The minimum atomic E-state index is -0.644. The average Bonchev–Trinajstić information content (AvgIpc) is 3.94. The van der Waals surface area contributed by atoms with Gasteiger partial charge in [-0.3, -0.25) is 28.9 Å². The molecule has 3 aromatic carbocycles. The number of benzene rings is 3. The van der Waals surface area contributed by atoms with Crippen LogP contribution >= 0.6 is 11.3 Å². The van der Waals surface area contributed by atoms with E-state index < -0.39 is 11.9 Å². The lowest BCUT2D eigenvalue weighted by atomic mass is 10.0. The second-order valence-corrected chi connectivity index (χ2v) is 14.9. The number of aromatic nitrogens is 5. The van der Waals surface area contributed by atoms with Gasteiger partial charge in [-0.1, -0.05) is 72.5 Å². The maximum Gasteiger partial charge on any atom is 0.255 e. The van der Waals surface area contributed by atoms with Gasteiger partial charge in [0.25, 0.3) is 5.91 Å². The minimum absolute atomic E-state index is 0.185. The smallest absolute Gasteiger partial charge is 0.255 e. The molecule has 1 fully saturated rings. The molecule has 3 aliphatic heterocycles. The highest BCUT2D eigenvalue weighted by Crippen LogP contribution is 2.37. The van der Waals surface area contributed by atoms with Crippen LogP contribution in [-0.4, -0.2) is 53.2 Å². The van der Waals surface area contributed by atoms with Crippen LogP contribution in [0.4, 0.5) is 5.69 Å². The Morgan fingerprint density at radius 2 is 1.76 bits per heavy atom. The van der Waals surface area contributed by atoms with Crippen LogP contribution in [0.3, 0.4) is 0 Å². The van der Waals surface area contributed by atoms with E-state index >= 15 is 0 Å². The van der Waals surface area contributed by atoms with Gasteiger partial charge in [0.2, 0.25) is 11.8 Å². The SMILES string of the molecule is Cc1nnc2n1-c1sc(C#Cc3cnn(Cc4ccc(CNc5cccc6c5CN(C5CCC(=O)NC5=O)C6=O)cc4)c3)c(Cc3ccccc3)c1COC2. The Morgan fingerprint density at radius 3 is 2.60 bits per heavy atom. The van der Waals surface area contributed by atoms with Crippen LogP contribution in [0.15, 0.2) is 85.2 Å². The Kier molecular flexibility index (Phi) is 9.05. The molecule has 9 rings (SSSR count). The van der Waals surface area contributed by atoms with Gasteiger partial charge in [0.15, 0.2) is 5.82 Å². The first-order valence-electron chi connectivity index (χ1n) is 18.2. The van der Waals surface area contributed by atoms with Crippen molar-refractivity contribution in [1.29, 1.82) is 0 Å². The number of aryl methyl sites for hydroxylation is 1. The van der Waals surface area contributed by atoms with Crippen LogP contribution in [0.5, 0.6) is 0 Å². The Morgan fingerprint density at radius 1 is 0.927 bits per heavy atom. The number of anilines is 1. The van der Waals surface area contributed by atoms with Crippen molar-refractivity contribution >= 4 is 34.7 Å². The Hall–Kier alpha value is -6.36. The summed E-state index contributed by atoms with van der Waals surface area (Å²) < 4.78 is 10.0. The monoisotopic (exact) mass is 748 g/mol. The lowest BCUT2D eigenvalue weighted by Gasteiger charge is -2.29. The Balaban J connectivity index is 0.872. The third-order valence-corrected chi connectivity index (χ3v) is 11.5. The first kappa shape index (κ1) is 34.4. The van der Waals surface area contributed by atoms with Gasteiger partial charge in [0.05, 0.1) is 29.8 Å². The van der Waals surface area contributed by atoms with Crippen molar-refractivity contribution in [3.63, 3.8) is 0 Å². The lowest BCUT2D eigenvalue weighted by molar-refractivity contribution is -0.136. The highest BCUT2D eigenvalue weighted by molar-refractivity contribution is 7.15. The van der Waals surface area contributed by atoms with E-state index in [0.717, 1.165) is 61.5 Å². The van der Waals surface area contributed by atoms with E-state index in [1.54, 1.807) is 28.5 Å². The van der Waals surface area contributed by atoms with E-state index in [2.05, 4.69) is 90.9 Å². The zero-order valence-corrected chi connectivity index (χ0v) is 30.9. The van der Waals surface area contributed by atoms with E-state index in [1.807, 2.05) is 36.0 Å². The number of carbonyl (C=O) groups is 3. The number of hydrogen-bond donors (Lipinski definition) is 2. The third-order valence-electron chi connectivity index (χ3n) is 10.3. The van der Waals surface area contributed by atoms with Crippen LogP contribution < -0.4 is 10.6 Å². The molecule has 3 aromatic heterocycles. The number of rotatable bonds is 8. The summed E-state index contributed by atoms with van der Waals surface area (Å²) in [5.74, 6) is 7.57. The number of nitrogens with zero attached hydrogens (tertiary/aromatic N) is 6. The second kappa shape index (κ2) is 14.5. The standard InChI is InChI=1S/C42H36N8O4S/c1-26-46-47-38-25-54-24-34-32(18-27-6-3-2-4-7-27)37(55-42(34)50(26)38)16-14-30-20-44-48(22-30)21-29-12-10-28(11-13-29)19-43-35-9-5-8-31-33(35)23-49(41(31)53)36-15-17-39(51)45-40(36)52/h2-13,20,22,36,43H,15,17-19,21,23-25H2,1H3,(H,45,51,52). The molecule has 0 radical (unpaired) electrons. The highest BCUT2D eigenvalue weighted by atomic mass is 32.1. The first-order valence-corrected chi connectivity index (χ1v) is 19.0. The van der Waals surface area contributed by atoms with Gasteiger partial charge in [-0.2, -0.15) is 5.10 Å². The molecule has 274 valence electrons. The lowest BCUT2D eigenvalue weighted by Crippen LogP contribution is -2.52. The molecule has 0 bridgehead atoms. The summed E-state index contributed by atoms with van der Waals surface area (Å²) >= 11 is 1.66. The van der Waals surface area contributed by atoms with E-state index in [4.69, 9.17) is 4.74 Å². The predicted molar refractivity (Wildman–Crippen MR) is 205 cm³/mol. The average molecular weight is 749 g/mol. The Labute approximate surface area is 321 Å². The number of carbonyl (C=O) groups excluding carboxylic acids is 3. The zero-order chi connectivity index (χ0) is 37.5. The molecular formula is C42H36N8O4S. The van der Waals surface area contributed by atoms with Crippen molar-refractivity contribution in [2.45, 2.75) is 65.1 Å². The van der Waals surface area contributed by atoms with E-state index in [9.17, 15) is 14.4 Å². The van der Waals surface area contributed by atoms with Crippen LogP contribution in [0.25, 0.3) is 5.00 Å². The van der Waals surface area contributed by atoms with Crippen molar-refractivity contribution in [1.82, 2.24) is 34.8 Å². The third kappa shape index (κ3) is 6.82. The van der Waals surface area contributed by atoms with Crippen molar-refractivity contribution in [2.75, 3.05) is 5.32 Å². The molecule has 6 aromatic rings. The topological polar surface area (TPSA) is 136 Å². The summed E-state index contributed by atoms with van der Waals surface area (Å²) in [6.45, 7) is 4.35. The molecule has 3 aliphatic rings. The van der Waals surface area contributed by atoms with Gasteiger partial charge < -0.3 is 15.0 Å². The molecule has 13 heteroatoms. The van der Waals surface area contributed by atoms with E-state index in [0.29, 0.717) is 44.8 Å². The molecule has 0 spiro atoms. The van der Waals surface area contributed by atoms with Gasteiger partial charge in [-0.15, -0.1) is 21.5 Å². The zero-order valence-electron chi connectivity index (χ0n) is 30.0. The van der Waals surface area contributed by atoms with Gasteiger partial charge in [0.1, 0.15) is 23.5 Å². The predicted octanol–water partition coefficient (Wildman–Crippen LogP) is 5.28. The van der Waals surface area contributed by atoms with Gasteiger partial charge >= 0.3 is 0 Å². The number of amides is 3. The fourth-order valence-corrected chi connectivity index (χ4v) is 8.70. The molecule has 2 N–H and O–H groups in total. The van der Waals surface area contributed by atoms with Crippen molar-refractivity contribution in [3.05, 3.63) is 146 Å². The quantitative estimate of drug-likeness (QED) is 0.159. The first-order chi connectivity index (χ1) is 26.9. The summed E-state index contributed by atoms with van der Waals surface area (Å²) in [4.78, 5) is 39.9. The number of nitrogens with one attached hydrogen (secondary N) is 2. The van der Waals surface area contributed by atoms with Gasteiger partial charge in [-0.05, 0) is 54.2 Å². The summed E-state index contributed by atoms with van der Waals surface area (Å²) in [5, 5.41) is 20.2. The molecule has 6 heterocycles. The van der Waals surface area contributed by atoms with Crippen LogP contribution in [-0.2, 0) is 53.6 Å². The molecule has 1 saturated heterocycles. The Bertz CT molecular complexity index is 2530. The van der Waals surface area contributed by atoms with Crippen LogP contribution in [0.2, 0.25) is 0 Å². The summed E-state index contributed by atoms with van der Waals surface area (Å²) in [7, 11) is 0. The number of hydrogen-bond acceptors (Lipinski definition) is 9. The maximum absolute atomic E-state index is 13.2. The van der Waals surface area contributed by atoms with Crippen LogP contribution in [0.1, 0.15) is 78.7 Å². The van der Waals surface area contributed by atoms with Gasteiger partial charge in [-0.25, -0.2) is 0 Å². The summed E-state index contributed by atoms with van der Waals surface area (Å²) in [5.41, 5.74) is 8.83. The second-order valence-electron chi connectivity index (χ2n) is 13.9. The number of thiophene rings is 1. The molecule has 0 saturated carbocycles. The molecule has 0 aliphatic carbocycles. The van der Waals surface area contributed by atoms with Crippen molar-refractivity contribution in [2.24, 2.45) is 0 Å². The van der Waals surface area contributed by atoms with Gasteiger partial charge in [0, 0.05) is 48.1 Å². The largest absolute Gasteiger partial charge is 0.381 e. The molecule has 1 atom stereocenters. The highest BCUT2D eigenvalue weighted by Gasteiger charge is 2.39. The maximum atomic E-state index is 13.2. The number of fused-ring (bicyclic) bond motifs is 4. The number of piperidine rings is 1. The fraction of sp³-hybridized carbons (Fsp3) is 0.238. The summed E-state index contributed by atoms with van der Waals surface area (Å²) in [6.07, 6.45) is 5.08. The van der Waals surface area contributed by atoms with E-state index in [-0.39, 0.29) is 18.2 Å². The van der Waals surface area contributed by atoms with Crippen molar-refractivity contribution in [3.8, 4) is 16.8 Å². The minimum Gasteiger partial charge on any atom is -0.381 e. The molecule has 12 nitrogen and oxygen atoms in total. The molecule has 3 amide bonds. The number of imide groups is 1. The normalized spacial score (nSPS) is 16.1. The fourth-order valence-electron chi connectivity index (χ4n) is 7.45. The van der Waals surface area contributed by atoms with Crippen LogP contribution in [0, 0.1) is 18.8 Å². The van der Waals surface area contributed by atoms with E-state index in [1.165, 1.54) is 11.1 Å². The molecule has 55 heavy (non-hydrogen) atoms. The molecular weight excluding hydrogens is 713 g/mol. The number of ether oxygens (including phenoxy) is 1. The van der Waals surface area contributed by atoms with Crippen molar-refractivity contribution < 1.29 is 19.1 Å².